The molecule has 2 aromatic carbocycles. The molecule has 0 bridgehead atoms. The zero-order valence-electron chi connectivity index (χ0n) is 16.2. The number of hydrogen-bond acceptors (Lipinski definition) is 3. The first-order valence-corrected chi connectivity index (χ1v) is 9.35. The number of anilines is 1. The lowest BCUT2D eigenvalue weighted by molar-refractivity contribution is 0.122. The molecule has 152 valence electrons. The highest BCUT2D eigenvalue weighted by Gasteiger charge is 2.10. The van der Waals surface area contributed by atoms with Gasteiger partial charge >= 0.3 is 0 Å². The molecule has 2 N–H and O–H groups in total. The second-order valence-corrected chi connectivity index (χ2v) is 6.49. The average molecular weight is 498 g/mol. The second kappa shape index (κ2) is 11.9. The summed E-state index contributed by atoms with van der Waals surface area (Å²) in [6, 6.07) is 15.2. The van der Waals surface area contributed by atoms with Crippen LogP contribution in [0.1, 0.15) is 11.1 Å². The van der Waals surface area contributed by atoms with E-state index in [1.165, 1.54) is 23.4 Å². The Morgan fingerprint density at radius 2 is 1.64 bits per heavy atom. The van der Waals surface area contributed by atoms with Gasteiger partial charge < -0.3 is 20.3 Å². The summed E-state index contributed by atoms with van der Waals surface area (Å²) in [5.41, 5.74) is 3.54. The van der Waals surface area contributed by atoms with Crippen molar-refractivity contribution in [3.8, 4) is 0 Å². The smallest absolute Gasteiger partial charge is 0.191 e. The molecule has 28 heavy (non-hydrogen) atoms. The minimum Gasteiger partial charge on any atom is -0.378 e. The molecule has 0 spiro atoms. The number of hydrogen-bond donors (Lipinski definition) is 2. The number of morpholine rings is 1. The van der Waals surface area contributed by atoms with Gasteiger partial charge in [-0.15, -0.1) is 24.0 Å². The molecule has 1 heterocycles. The number of nitrogens with one attached hydrogen (secondary N) is 2. The normalized spacial score (nSPS) is 14.4. The van der Waals surface area contributed by atoms with Gasteiger partial charge in [-0.05, 0) is 41.8 Å². The quantitative estimate of drug-likeness (QED) is 0.365. The van der Waals surface area contributed by atoms with E-state index in [-0.39, 0.29) is 29.8 Å². The first-order chi connectivity index (χ1) is 13.2. The molecule has 0 saturated carbocycles. The summed E-state index contributed by atoms with van der Waals surface area (Å²) in [6.07, 6.45) is 0.815. The fraction of sp³-hybridized carbons (Fsp3) is 0.381. The van der Waals surface area contributed by atoms with Crippen molar-refractivity contribution in [2.24, 2.45) is 4.99 Å². The van der Waals surface area contributed by atoms with E-state index in [2.05, 4.69) is 44.8 Å². The van der Waals surface area contributed by atoms with Gasteiger partial charge in [0.25, 0.3) is 0 Å². The van der Waals surface area contributed by atoms with Gasteiger partial charge in [-0.25, -0.2) is 4.39 Å². The van der Waals surface area contributed by atoms with Crippen LogP contribution in [-0.2, 0) is 17.7 Å². The minimum atomic E-state index is -0.205. The number of aliphatic imine (C=N–C) groups is 1. The van der Waals surface area contributed by atoms with E-state index < -0.39 is 0 Å². The second-order valence-electron chi connectivity index (χ2n) is 6.49. The Bertz CT molecular complexity index is 731. The molecule has 0 unspecified atom stereocenters. The van der Waals surface area contributed by atoms with E-state index in [0.29, 0.717) is 6.54 Å². The maximum Gasteiger partial charge on any atom is 0.191 e. The van der Waals surface area contributed by atoms with E-state index in [9.17, 15) is 4.39 Å². The van der Waals surface area contributed by atoms with Crippen molar-refractivity contribution in [3.05, 3.63) is 65.5 Å². The van der Waals surface area contributed by atoms with E-state index in [0.717, 1.165) is 50.8 Å². The van der Waals surface area contributed by atoms with Gasteiger partial charge in [0.2, 0.25) is 0 Å². The largest absolute Gasteiger partial charge is 0.378 e. The van der Waals surface area contributed by atoms with Crippen molar-refractivity contribution in [2.45, 2.75) is 13.0 Å². The van der Waals surface area contributed by atoms with Gasteiger partial charge in [0.05, 0.1) is 13.2 Å². The molecular weight excluding hydrogens is 470 g/mol. The Hall–Kier alpha value is -1.87. The van der Waals surface area contributed by atoms with Crippen molar-refractivity contribution in [1.29, 1.82) is 0 Å². The Morgan fingerprint density at radius 1 is 1.00 bits per heavy atom. The van der Waals surface area contributed by atoms with Crippen LogP contribution in [0.15, 0.2) is 53.5 Å². The highest BCUT2D eigenvalue weighted by molar-refractivity contribution is 14.0. The van der Waals surface area contributed by atoms with E-state index >= 15 is 0 Å². The number of benzene rings is 2. The Labute approximate surface area is 183 Å². The van der Waals surface area contributed by atoms with Crippen LogP contribution < -0.4 is 15.5 Å². The lowest BCUT2D eigenvalue weighted by Crippen LogP contribution is -2.38. The molecule has 0 aromatic heterocycles. The van der Waals surface area contributed by atoms with E-state index in [4.69, 9.17) is 4.74 Å². The third kappa shape index (κ3) is 6.94. The molecule has 5 nitrogen and oxygen atoms in total. The number of nitrogens with zero attached hydrogens (tertiary/aromatic N) is 2. The molecule has 0 radical (unpaired) electrons. The number of rotatable bonds is 6. The molecule has 1 saturated heterocycles. The van der Waals surface area contributed by atoms with Crippen LogP contribution in [0.5, 0.6) is 0 Å². The zero-order chi connectivity index (χ0) is 18.9. The maximum absolute atomic E-state index is 12.9. The predicted molar refractivity (Wildman–Crippen MR) is 123 cm³/mol. The van der Waals surface area contributed by atoms with Gasteiger partial charge in [-0.1, -0.05) is 24.3 Å². The number of halogens is 2. The zero-order valence-corrected chi connectivity index (χ0v) is 18.5. The first-order valence-electron chi connectivity index (χ1n) is 9.35. The molecule has 1 fully saturated rings. The molecule has 2 aromatic rings. The lowest BCUT2D eigenvalue weighted by Gasteiger charge is -2.28. The highest BCUT2D eigenvalue weighted by Crippen LogP contribution is 2.16. The van der Waals surface area contributed by atoms with Crippen LogP contribution in [-0.4, -0.2) is 45.9 Å². The summed E-state index contributed by atoms with van der Waals surface area (Å²) in [6.45, 7) is 4.93. The fourth-order valence-electron chi connectivity index (χ4n) is 3.03. The fourth-order valence-corrected chi connectivity index (χ4v) is 3.03. The maximum atomic E-state index is 12.9. The summed E-state index contributed by atoms with van der Waals surface area (Å²) in [4.78, 5) is 6.60. The Morgan fingerprint density at radius 3 is 2.29 bits per heavy atom. The molecule has 1 aliphatic heterocycles. The Kier molecular flexibility index (Phi) is 9.49. The van der Waals surface area contributed by atoms with Gasteiger partial charge in [0, 0.05) is 38.9 Å². The summed E-state index contributed by atoms with van der Waals surface area (Å²) in [7, 11) is 1.76. The van der Waals surface area contributed by atoms with Crippen molar-refractivity contribution < 1.29 is 9.13 Å². The van der Waals surface area contributed by atoms with Crippen molar-refractivity contribution >= 4 is 35.6 Å². The molecule has 0 atom stereocenters. The van der Waals surface area contributed by atoms with E-state index in [1.807, 2.05) is 12.1 Å². The van der Waals surface area contributed by atoms with Crippen molar-refractivity contribution in [3.63, 3.8) is 0 Å². The molecule has 1 aliphatic rings. The van der Waals surface area contributed by atoms with Crippen LogP contribution in [0, 0.1) is 5.82 Å². The average Bonchev–Trinajstić information content (AvgIpc) is 2.73. The molecule has 0 aliphatic carbocycles. The first kappa shape index (κ1) is 22.4. The number of ether oxygens (including phenoxy) is 1. The highest BCUT2D eigenvalue weighted by atomic mass is 127. The third-order valence-corrected chi connectivity index (χ3v) is 4.62. The van der Waals surface area contributed by atoms with Gasteiger partial charge in [-0.2, -0.15) is 0 Å². The summed E-state index contributed by atoms with van der Waals surface area (Å²) in [5, 5.41) is 6.61. The van der Waals surface area contributed by atoms with Crippen LogP contribution in [0.4, 0.5) is 10.1 Å². The number of guanidine groups is 1. The van der Waals surface area contributed by atoms with E-state index in [1.54, 1.807) is 7.05 Å². The Balaban J connectivity index is 0.00000280. The van der Waals surface area contributed by atoms with Crippen LogP contribution in [0.2, 0.25) is 0 Å². The van der Waals surface area contributed by atoms with Gasteiger partial charge in [-0.3, -0.25) is 4.99 Å². The lowest BCUT2D eigenvalue weighted by atomic mass is 10.1. The van der Waals surface area contributed by atoms with Crippen LogP contribution in [0.3, 0.4) is 0 Å². The molecule has 7 heteroatoms. The summed E-state index contributed by atoms with van der Waals surface area (Å²) >= 11 is 0. The van der Waals surface area contributed by atoms with Gasteiger partial charge in [0.1, 0.15) is 5.82 Å². The summed E-state index contributed by atoms with van der Waals surface area (Å²) in [5.74, 6) is 0.554. The molecule has 0 amide bonds. The van der Waals surface area contributed by atoms with Gasteiger partial charge in [0.15, 0.2) is 5.96 Å². The van der Waals surface area contributed by atoms with Crippen molar-refractivity contribution in [1.82, 2.24) is 10.6 Å². The van der Waals surface area contributed by atoms with Crippen LogP contribution in [0.25, 0.3) is 0 Å². The van der Waals surface area contributed by atoms with Crippen molar-refractivity contribution in [2.75, 3.05) is 44.8 Å². The van der Waals surface area contributed by atoms with Crippen LogP contribution >= 0.6 is 24.0 Å². The standard InChI is InChI=1S/C21H27FN4O.HI/c1-23-21(24-11-10-17-2-6-19(22)7-3-17)25-16-18-4-8-20(9-5-18)26-12-14-27-15-13-26;/h2-9H,10-16H2,1H3,(H2,23,24,25);1H. The predicted octanol–water partition coefficient (Wildman–Crippen LogP) is 3.19. The third-order valence-electron chi connectivity index (χ3n) is 4.62. The minimum absolute atomic E-state index is 0. The monoisotopic (exact) mass is 498 g/mol. The topological polar surface area (TPSA) is 48.9 Å². The molecule has 3 rings (SSSR count). The SMILES string of the molecule is CN=C(NCCc1ccc(F)cc1)NCc1ccc(N2CCOCC2)cc1.I. The summed E-state index contributed by atoms with van der Waals surface area (Å²) < 4.78 is 18.3. The molecular formula is C21H28FIN4O.